The fourth-order valence-electron chi connectivity index (χ4n) is 8.55. The van der Waals surface area contributed by atoms with E-state index in [1.54, 1.807) is 43.9 Å². The number of carboxylic acid groups (broad SMARTS) is 2. The van der Waals surface area contributed by atoms with Crippen LogP contribution in [0.5, 0.6) is 0 Å². The fraction of sp³-hybridized carbons (Fsp3) is 0.578. The van der Waals surface area contributed by atoms with Crippen LogP contribution in [0.1, 0.15) is 59.2 Å². The van der Waals surface area contributed by atoms with Gasteiger partial charge in [0.15, 0.2) is 5.96 Å². The zero-order valence-corrected chi connectivity index (χ0v) is 40.5. The van der Waals surface area contributed by atoms with Gasteiger partial charge in [0.25, 0.3) is 11.8 Å². The van der Waals surface area contributed by atoms with Gasteiger partial charge < -0.3 is 68.7 Å². The number of β-amino-alcohol motifs (C(OH)–C–C–N with tert-alkyl or cyclic N) is 1. The quantitative estimate of drug-likeness (QED) is 0.0192. The smallest absolute Gasteiger partial charge is 0.475 e. The van der Waals surface area contributed by atoms with Crippen molar-refractivity contribution in [3.63, 3.8) is 0 Å². The van der Waals surface area contributed by atoms with E-state index in [0.29, 0.717) is 61.7 Å². The third-order valence-electron chi connectivity index (χ3n) is 12.2. The van der Waals surface area contributed by atoms with Gasteiger partial charge in [-0.1, -0.05) is 24.3 Å². The first-order valence-corrected chi connectivity index (χ1v) is 24.0. The van der Waals surface area contributed by atoms with E-state index in [2.05, 4.69) is 26.3 Å². The number of carboxylic acids is 2. The molecule has 2 unspecified atom stereocenters. The predicted molar refractivity (Wildman–Crippen MR) is 264 cm³/mol. The van der Waals surface area contributed by atoms with Gasteiger partial charge >= 0.3 is 19.1 Å². The number of nitrogens with zero attached hydrogens (tertiary/aromatic N) is 6. The van der Waals surface area contributed by atoms with Crippen LogP contribution in [0.4, 0.5) is 0 Å². The highest BCUT2D eigenvalue weighted by atomic mass is 16.4. The van der Waals surface area contributed by atoms with Crippen LogP contribution in [0.15, 0.2) is 41.4 Å². The van der Waals surface area contributed by atoms with E-state index < -0.39 is 73.2 Å². The lowest BCUT2D eigenvalue weighted by Crippen LogP contribution is -2.52. The number of guanidine groups is 1. The molecule has 2 aliphatic heterocycles. The van der Waals surface area contributed by atoms with Crippen molar-refractivity contribution in [1.82, 2.24) is 45.8 Å². The van der Waals surface area contributed by atoms with Gasteiger partial charge in [-0.15, -0.1) is 0 Å². The number of nitrogens with one attached hydrogen (secondary N) is 4. The molecule has 4 rings (SSSR count). The van der Waals surface area contributed by atoms with Crippen molar-refractivity contribution in [3.8, 4) is 0 Å². The van der Waals surface area contributed by atoms with Crippen molar-refractivity contribution in [2.24, 2.45) is 22.2 Å². The van der Waals surface area contributed by atoms with Crippen molar-refractivity contribution in [3.05, 3.63) is 47.5 Å². The highest BCUT2D eigenvalue weighted by Gasteiger charge is 2.41. The third kappa shape index (κ3) is 20.0. The van der Waals surface area contributed by atoms with Crippen LogP contribution >= 0.6 is 0 Å². The highest BCUT2D eigenvalue weighted by molar-refractivity contribution is 6.43. The van der Waals surface area contributed by atoms with Crippen LogP contribution < -0.4 is 38.5 Å². The maximum absolute atomic E-state index is 13.6. The van der Waals surface area contributed by atoms with E-state index in [1.165, 1.54) is 12.1 Å². The minimum atomic E-state index is -1.85. The SMILES string of the molecule is NC(=O)CN1CCN(CC(=O)O)CCN(CC(=O)N[C@@H](CCCN=C(N)N)C(=O)NCCCCCNC(=O)c2ccc(C(=O)NCC(=O)N3CC(O)CC3B(O)O)c3ccccc23)CCN(CC(=O)O)CC1. The first kappa shape index (κ1) is 58.1. The van der Waals surface area contributed by atoms with E-state index in [4.69, 9.17) is 17.2 Å². The molecule has 2 aliphatic rings. The monoisotopic (exact) mass is 1010 g/mol. The normalized spacial score (nSPS) is 18.0. The second-order valence-corrected chi connectivity index (χ2v) is 17.8. The maximum Gasteiger partial charge on any atom is 0.475 e. The van der Waals surface area contributed by atoms with E-state index in [1.807, 2.05) is 0 Å². The third-order valence-corrected chi connectivity index (χ3v) is 12.2. The predicted octanol–water partition coefficient (Wildman–Crippen LogP) is -5.03. The molecule has 15 N–H and O–H groups in total. The minimum Gasteiger partial charge on any atom is -0.480 e. The van der Waals surface area contributed by atoms with E-state index >= 15 is 0 Å². The molecule has 2 fully saturated rings. The Hall–Kier alpha value is -6.49. The van der Waals surface area contributed by atoms with Crippen LogP contribution in [0.25, 0.3) is 10.8 Å². The Morgan fingerprint density at radius 2 is 1.17 bits per heavy atom. The van der Waals surface area contributed by atoms with E-state index in [9.17, 15) is 63.7 Å². The van der Waals surface area contributed by atoms with Gasteiger partial charge in [0.1, 0.15) is 6.04 Å². The number of aliphatic hydroxyl groups is 1. The van der Waals surface area contributed by atoms with Crippen molar-refractivity contribution in [1.29, 1.82) is 0 Å². The zero-order chi connectivity index (χ0) is 52.7. The number of benzene rings is 2. The number of rotatable bonds is 25. The Labute approximate surface area is 417 Å². The number of likely N-dealkylation sites (tertiary alicyclic amines) is 1. The number of aliphatic carboxylic acids is 2. The summed E-state index contributed by atoms with van der Waals surface area (Å²) in [5, 5.41) is 60.4. The first-order valence-electron chi connectivity index (χ1n) is 24.0. The summed E-state index contributed by atoms with van der Waals surface area (Å²) in [4.78, 5) is 114. The van der Waals surface area contributed by atoms with Crippen LogP contribution in [0.3, 0.4) is 0 Å². The number of aliphatic imine (C=N–C) groups is 1. The Balaban J connectivity index is 1.29. The second kappa shape index (κ2) is 29.8. The molecule has 0 radical (unpaired) electrons. The summed E-state index contributed by atoms with van der Waals surface area (Å²) >= 11 is 0. The lowest BCUT2D eigenvalue weighted by Gasteiger charge is -2.33. The molecule has 27 heteroatoms. The molecule has 396 valence electrons. The maximum atomic E-state index is 13.6. The molecule has 0 spiro atoms. The molecule has 0 aromatic heterocycles. The molecular weight excluding hydrogens is 941 g/mol. The molecule has 72 heavy (non-hydrogen) atoms. The molecule has 0 bridgehead atoms. The van der Waals surface area contributed by atoms with Gasteiger partial charge in [-0.3, -0.25) is 62.9 Å². The Bertz CT molecular complexity index is 2190. The van der Waals surface area contributed by atoms with Crippen molar-refractivity contribution < 1.29 is 63.7 Å². The zero-order valence-electron chi connectivity index (χ0n) is 40.5. The number of hydrogen-bond acceptors (Lipinski definition) is 16. The number of primary amides is 1. The number of nitrogens with two attached hydrogens (primary N) is 3. The summed E-state index contributed by atoms with van der Waals surface area (Å²) in [5.41, 5.74) is 16.9. The Kier molecular flexibility index (Phi) is 24.0. The Morgan fingerprint density at radius 3 is 1.67 bits per heavy atom. The van der Waals surface area contributed by atoms with Crippen LogP contribution in [0.2, 0.25) is 0 Å². The number of amides is 6. The average molecular weight is 1010 g/mol. The van der Waals surface area contributed by atoms with E-state index in [0.717, 1.165) is 4.90 Å². The van der Waals surface area contributed by atoms with Crippen LogP contribution in [0, 0.1) is 0 Å². The van der Waals surface area contributed by atoms with Gasteiger partial charge in [0.2, 0.25) is 23.6 Å². The summed E-state index contributed by atoms with van der Waals surface area (Å²) in [5.74, 6) is -6.29. The van der Waals surface area contributed by atoms with Crippen LogP contribution in [-0.2, 0) is 28.8 Å². The van der Waals surface area contributed by atoms with Gasteiger partial charge in [-0.25, -0.2) is 0 Å². The number of hydrogen-bond donors (Lipinski definition) is 12. The molecule has 6 amide bonds. The number of carbonyl (C=O) groups is 8. The van der Waals surface area contributed by atoms with Gasteiger partial charge in [0.05, 0.1) is 44.8 Å². The molecule has 0 saturated carbocycles. The van der Waals surface area contributed by atoms with Crippen LogP contribution in [-0.4, -0.2) is 240 Å². The molecule has 2 heterocycles. The molecule has 3 atom stereocenters. The van der Waals surface area contributed by atoms with Gasteiger partial charge in [0, 0.05) is 89.7 Å². The fourth-order valence-corrected chi connectivity index (χ4v) is 8.55. The molecule has 26 nitrogen and oxygen atoms in total. The summed E-state index contributed by atoms with van der Waals surface area (Å²) in [6, 6.07) is 8.84. The van der Waals surface area contributed by atoms with E-state index in [-0.39, 0.29) is 115 Å². The van der Waals surface area contributed by atoms with Gasteiger partial charge in [-0.05, 0) is 61.4 Å². The lowest BCUT2D eigenvalue weighted by atomic mass is 9.77. The van der Waals surface area contributed by atoms with Gasteiger partial charge in [-0.2, -0.15) is 0 Å². The number of carbonyl (C=O) groups excluding carboxylic acids is 6. The summed E-state index contributed by atoms with van der Waals surface area (Å²) in [6.45, 7) is 1.46. The summed E-state index contributed by atoms with van der Waals surface area (Å²) in [7, 11) is -1.85. The largest absolute Gasteiger partial charge is 0.480 e. The summed E-state index contributed by atoms with van der Waals surface area (Å²) in [6.07, 6.45) is 1.34. The standard InChI is InChI=1S/C45H70BN13O13/c47-37(61)26-55-15-19-57(28-40(64)65)21-17-56(18-22-58(20-16-55)29-41(66)67)27-38(62)54-35(9-6-14-52-45(48)49)44(70)51-13-5-1-4-12-50-42(68)33-10-11-34(32-8-3-2-7-31(32)33)43(69)53-24-39(63)59-25-30(60)23-36(59)46(71)72/h2-3,7-8,10-11,30,35-36,60,71-72H,1,4-6,9,12-29H2,(H2,47,61)(H,50,68)(H,51,70)(H,53,69)(H,54,62)(H,64,65)(H,66,67)(H4,48,49,52)/t30?,35-,36?/m0/s1. The van der Waals surface area contributed by atoms with Crippen molar-refractivity contribution in [2.45, 2.75) is 56.6 Å². The molecular formula is C45H70BN13O13. The Morgan fingerprint density at radius 1 is 0.667 bits per heavy atom. The molecule has 2 aromatic rings. The van der Waals surface area contributed by atoms with Crippen molar-refractivity contribution >= 4 is 71.2 Å². The molecule has 0 aliphatic carbocycles. The first-order chi connectivity index (χ1) is 34.3. The van der Waals surface area contributed by atoms with Crippen molar-refractivity contribution in [2.75, 3.05) is 111 Å². The topological polar surface area (TPSA) is 392 Å². The number of unbranched alkanes of at least 4 members (excludes halogenated alkanes) is 2. The lowest BCUT2D eigenvalue weighted by molar-refractivity contribution is -0.139. The molecule has 2 aromatic carbocycles. The minimum absolute atomic E-state index is 0.00654. The second-order valence-electron chi connectivity index (χ2n) is 17.8. The summed E-state index contributed by atoms with van der Waals surface area (Å²) < 4.78 is 0. The highest BCUT2D eigenvalue weighted by Crippen LogP contribution is 2.24. The number of aliphatic hydroxyl groups excluding tert-OH is 1. The number of fused-ring (bicyclic) bond motifs is 1. The molecule has 2 saturated heterocycles. The average Bonchev–Trinajstić information content (AvgIpc) is 3.73.